The number of anilines is 1. The predicted molar refractivity (Wildman–Crippen MR) is 88.4 cm³/mol. The molecule has 0 atom stereocenters. The largest absolute Gasteiger partial charge is 0.417 e. The van der Waals surface area contributed by atoms with Gasteiger partial charge in [0.05, 0.1) is 20.9 Å². The van der Waals surface area contributed by atoms with Crippen molar-refractivity contribution in [2.45, 2.75) is 29.3 Å². The van der Waals surface area contributed by atoms with Gasteiger partial charge in [-0.1, -0.05) is 18.7 Å². The van der Waals surface area contributed by atoms with E-state index in [2.05, 4.69) is 4.98 Å². The normalized spacial score (nSPS) is 13.8. The van der Waals surface area contributed by atoms with Crippen molar-refractivity contribution < 1.29 is 22.9 Å². The number of fused-ring (bicyclic) bond motifs is 2. The molecule has 0 bridgehead atoms. The number of benzene rings is 1. The minimum atomic E-state index is -4.56. The first-order chi connectivity index (χ1) is 12.2. The SMILES string of the molecule is CCCN1C(=O)c2cc([N+](=O)[O-])ccc2Sc2cc(C(F)(F)F)cnc21. The highest BCUT2D eigenvalue weighted by atomic mass is 32.2. The Morgan fingerprint density at radius 2 is 2.00 bits per heavy atom. The van der Waals surface area contributed by atoms with Crippen LogP contribution in [0.1, 0.15) is 29.3 Å². The summed E-state index contributed by atoms with van der Waals surface area (Å²) in [5.74, 6) is -0.405. The molecule has 0 radical (unpaired) electrons. The third-order valence-electron chi connectivity index (χ3n) is 3.73. The fourth-order valence-electron chi connectivity index (χ4n) is 2.55. The molecule has 1 aromatic carbocycles. The summed E-state index contributed by atoms with van der Waals surface area (Å²) in [6, 6.07) is 4.67. The van der Waals surface area contributed by atoms with Crippen LogP contribution in [0, 0.1) is 10.1 Å². The maximum absolute atomic E-state index is 13.0. The van der Waals surface area contributed by atoms with Crippen molar-refractivity contribution in [3.63, 3.8) is 0 Å². The van der Waals surface area contributed by atoms with Crippen LogP contribution in [0.4, 0.5) is 24.7 Å². The number of pyridine rings is 1. The van der Waals surface area contributed by atoms with Gasteiger partial charge in [-0.05, 0) is 18.6 Å². The van der Waals surface area contributed by atoms with Crippen LogP contribution in [-0.2, 0) is 6.18 Å². The average molecular weight is 383 g/mol. The van der Waals surface area contributed by atoms with Gasteiger partial charge < -0.3 is 0 Å². The van der Waals surface area contributed by atoms with E-state index in [1.54, 1.807) is 0 Å². The van der Waals surface area contributed by atoms with E-state index in [9.17, 15) is 28.1 Å². The Balaban J connectivity index is 2.19. The fourth-order valence-corrected chi connectivity index (χ4v) is 3.62. The van der Waals surface area contributed by atoms with Crippen LogP contribution in [-0.4, -0.2) is 22.4 Å². The highest BCUT2D eigenvalue weighted by Gasteiger charge is 2.35. The van der Waals surface area contributed by atoms with Crippen molar-refractivity contribution in [1.29, 1.82) is 0 Å². The first kappa shape index (κ1) is 18.2. The van der Waals surface area contributed by atoms with Crippen LogP contribution in [0.2, 0.25) is 0 Å². The summed E-state index contributed by atoms with van der Waals surface area (Å²) in [5, 5.41) is 11.0. The molecule has 0 saturated heterocycles. The minimum Gasteiger partial charge on any atom is -0.292 e. The summed E-state index contributed by atoms with van der Waals surface area (Å²) in [6.07, 6.45) is -3.33. The number of carbonyl (C=O) groups excluding carboxylic acids is 1. The number of rotatable bonds is 3. The second kappa shape index (κ2) is 6.60. The third kappa shape index (κ3) is 3.24. The Bertz CT molecular complexity index is 902. The number of hydrogen-bond acceptors (Lipinski definition) is 5. The van der Waals surface area contributed by atoms with E-state index in [1.807, 2.05) is 6.92 Å². The zero-order chi connectivity index (χ0) is 19.1. The van der Waals surface area contributed by atoms with E-state index in [0.717, 1.165) is 23.9 Å². The number of alkyl halides is 3. The highest BCUT2D eigenvalue weighted by molar-refractivity contribution is 7.99. The number of halogens is 3. The molecule has 0 saturated carbocycles. The molecule has 1 amide bonds. The first-order valence-corrected chi connectivity index (χ1v) is 8.39. The second-order valence-electron chi connectivity index (χ2n) is 5.54. The van der Waals surface area contributed by atoms with E-state index in [0.29, 0.717) is 17.5 Å². The summed E-state index contributed by atoms with van der Waals surface area (Å²) in [4.78, 5) is 28.9. The molecule has 6 nitrogen and oxygen atoms in total. The summed E-state index contributed by atoms with van der Waals surface area (Å²) in [7, 11) is 0. The number of carbonyl (C=O) groups is 1. The van der Waals surface area contributed by atoms with E-state index in [-0.39, 0.29) is 28.5 Å². The lowest BCUT2D eigenvalue weighted by molar-refractivity contribution is -0.384. The molecule has 0 aliphatic carbocycles. The molecule has 3 rings (SSSR count). The third-order valence-corrected chi connectivity index (χ3v) is 4.83. The van der Waals surface area contributed by atoms with Crippen molar-refractivity contribution in [1.82, 2.24) is 4.98 Å². The van der Waals surface area contributed by atoms with E-state index in [1.165, 1.54) is 17.0 Å². The van der Waals surface area contributed by atoms with Gasteiger partial charge in [0.2, 0.25) is 0 Å². The fraction of sp³-hybridized carbons (Fsp3) is 0.250. The van der Waals surface area contributed by atoms with Crippen LogP contribution >= 0.6 is 11.8 Å². The number of nitro groups is 1. The number of nitrogens with zero attached hydrogens (tertiary/aromatic N) is 3. The van der Waals surface area contributed by atoms with Gasteiger partial charge in [-0.3, -0.25) is 19.8 Å². The molecular formula is C16H12F3N3O3S. The molecule has 0 fully saturated rings. The summed E-state index contributed by atoms with van der Waals surface area (Å²) in [5.41, 5.74) is -1.11. The van der Waals surface area contributed by atoms with Crippen molar-refractivity contribution in [2.75, 3.05) is 11.4 Å². The van der Waals surface area contributed by atoms with Gasteiger partial charge in [0.1, 0.15) is 5.82 Å². The van der Waals surface area contributed by atoms with Crippen LogP contribution in [0.5, 0.6) is 0 Å². The van der Waals surface area contributed by atoms with E-state index >= 15 is 0 Å². The summed E-state index contributed by atoms with van der Waals surface area (Å²) < 4.78 is 39.0. The molecule has 0 N–H and O–H groups in total. The smallest absolute Gasteiger partial charge is 0.292 e. The Labute approximate surface area is 150 Å². The zero-order valence-corrected chi connectivity index (χ0v) is 14.2. The number of non-ortho nitro benzene ring substituents is 1. The average Bonchev–Trinajstić information content (AvgIpc) is 2.69. The second-order valence-corrected chi connectivity index (χ2v) is 6.62. The molecule has 1 aliphatic rings. The molecule has 0 unspecified atom stereocenters. The van der Waals surface area contributed by atoms with Crippen LogP contribution < -0.4 is 4.90 Å². The molecule has 1 aliphatic heterocycles. The maximum Gasteiger partial charge on any atom is 0.417 e. The predicted octanol–water partition coefficient (Wildman–Crippen LogP) is 4.53. The van der Waals surface area contributed by atoms with E-state index < -0.39 is 22.6 Å². The van der Waals surface area contributed by atoms with Crippen LogP contribution in [0.15, 0.2) is 40.3 Å². The molecule has 26 heavy (non-hydrogen) atoms. The summed E-state index contributed by atoms with van der Waals surface area (Å²) >= 11 is 0.940. The molecular weight excluding hydrogens is 371 g/mol. The minimum absolute atomic E-state index is 0.0733. The Morgan fingerprint density at radius 1 is 1.27 bits per heavy atom. The Hall–Kier alpha value is -2.62. The van der Waals surface area contributed by atoms with Crippen LogP contribution in [0.3, 0.4) is 0 Å². The summed E-state index contributed by atoms with van der Waals surface area (Å²) in [6.45, 7) is 2.04. The van der Waals surface area contributed by atoms with Crippen LogP contribution in [0.25, 0.3) is 0 Å². The number of amides is 1. The molecule has 0 spiro atoms. The van der Waals surface area contributed by atoms with Gasteiger partial charge in [0, 0.05) is 29.8 Å². The van der Waals surface area contributed by atoms with Gasteiger partial charge in [0.15, 0.2) is 0 Å². The lowest BCUT2D eigenvalue weighted by Crippen LogP contribution is -2.32. The maximum atomic E-state index is 13.0. The number of hydrogen-bond donors (Lipinski definition) is 0. The lowest BCUT2D eigenvalue weighted by Gasteiger charge is -2.21. The van der Waals surface area contributed by atoms with Crippen molar-refractivity contribution in [3.05, 3.63) is 51.7 Å². The highest BCUT2D eigenvalue weighted by Crippen LogP contribution is 2.43. The van der Waals surface area contributed by atoms with E-state index in [4.69, 9.17) is 0 Å². The lowest BCUT2D eigenvalue weighted by atomic mass is 10.1. The standard InChI is InChI=1S/C16H12F3N3O3S/c1-2-5-21-14-13(6-9(8-20-14)16(17,18)19)26-12-4-3-10(22(24)25)7-11(12)15(21)23/h3-4,6-8H,2,5H2,1H3. The van der Waals surface area contributed by atoms with Gasteiger partial charge >= 0.3 is 6.18 Å². The molecule has 2 heterocycles. The monoisotopic (exact) mass is 383 g/mol. The zero-order valence-electron chi connectivity index (χ0n) is 13.4. The Kier molecular flexibility index (Phi) is 4.61. The molecule has 136 valence electrons. The molecule has 2 aromatic rings. The van der Waals surface area contributed by atoms with Gasteiger partial charge in [-0.25, -0.2) is 4.98 Å². The quantitative estimate of drug-likeness (QED) is 0.575. The van der Waals surface area contributed by atoms with Crippen molar-refractivity contribution >= 4 is 29.2 Å². The molecule has 10 heteroatoms. The molecule has 1 aromatic heterocycles. The topological polar surface area (TPSA) is 76.3 Å². The number of aromatic nitrogens is 1. The van der Waals surface area contributed by atoms with Gasteiger partial charge in [0.25, 0.3) is 11.6 Å². The first-order valence-electron chi connectivity index (χ1n) is 7.57. The van der Waals surface area contributed by atoms with Gasteiger partial charge in [-0.15, -0.1) is 0 Å². The number of nitro benzene ring substituents is 1. The van der Waals surface area contributed by atoms with Gasteiger partial charge in [-0.2, -0.15) is 13.2 Å². The van der Waals surface area contributed by atoms with Crippen molar-refractivity contribution in [2.24, 2.45) is 0 Å². The Morgan fingerprint density at radius 3 is 2.62 bits per heavy atom. The van der Waals surface area contributed by atoms with Crippen molar-refractivity contribution in [3.8, 4) is 0 Å².